The number of benzene rings is 1. The van der Waals surface area contributed by atoms with E-state index in [1.54, 1.807) is 6.21 Å². The predicted octanol–water partition coefficient (Wildman–Crippen LogP) is 1.67. The third-order valence-corrected chi connectivity index (χ3v) is 2.21. The molecule has 0 atom stereocenters. The molecule has 16 heavy (non-hydrogen) atoms. The quantitative estimate of drug-likeness (QED) is 0.695. The fourth-order valence-electron chi connectivity index (χ4n) is 1.40. The van der Waals surface area contributed by atoms with Crippen LogP contribution in [0, 0.1) is 0 Å². The molecule has 4 heteroatoms. The Kier molecular flexibility index (Phi) is 4.10. The molecule has 0 saturated carbocycles. The molecule has 4 nitrogen and oxygen atoms in total. The van der Waals surface area contributed by atoms with Gasteiger partial charge in [0, 0.05) is 12.8 Å². The van der Waals surface area contributed by atoms with Crippen LogP contribution < -0.4 is 10.7 Å². The summed E-state index contributed by atoms with van der Waals surface area (Å²) in [5.74, 6) is 0. The van der Waals surface area contributed by atoms with E-state index < -0.39 is 0 Å². The Balaban J connectivity index is 0.000000162. The number of nitrogens with one attached hydrogen (secondary N) is 2. The van der Waals surface area contributed by atoms with Crippen molar-refractivity contribution in [2.24, 2.45) is 5.10 Å². The Morgan fingerprint density at radius 2 is 2.19 bits per heavy atom. The molecule has 0 aliphatic carbocycles. The van der Waals surface area contributed by atoms with E-state index in [4.69, 9.17) is 4.74 Å². The van der Waals surface area contributed by atoms with Crippen LogP contribution in [0.25, 0.3) is 6.08 Å². The van der Waals surface area contributed by atoms with Crippen LogP contribution in [0.4, 0.5) is 5.69 Å². The van der Waals surface area contributed by atoms with Gasteiger partial charge in [-0.05, 0) is 17.7 Å². The Morgan fingerprint density at radius 3 is 2.94 bits per heavy atom. The Bertz CT molecular complexity index is 376. The highest BCUT2D eigenvalue weighted by Crippen LogP contribution is 2.17. The van der Waals surface area contributed by atoms with Crippen molar-refractivity contribution in [1.29, 1.82) is 0 Å². The fraction of sp³-hybridized carbons (Fsp3) is 0.250. The lowest BCUT2D eigenvalue weighted by atomic mass is 10.2. The van der Waals surface area contributed by atoms with Crippen molar-refractivity contribution in [3.05, 3.63) is 35.9 Å². The van der Waals surface area contributed by atoms with Gasteiger partial charge in [0.15, 0.2) is 0 Å². The number of hydrazone groups is 1. The lowest BCUT2D eigenvalue weighted by Gasteiger charge is -2.00. The van der Waals surface area contributed by atoms with Gasteiger partial charge in [-0.2, -0.15) is 5.10 Å². The zero-order valence-electron chi connectivity index (χ0n) is 9.02. The zero-order valence-corrected chi connectivity index (χ0v) is 9.02. The minimum absolute atomic E-state index is 0.750. The van der Waals surface area contributed by atoms with Crippen LogP contribution in [-0.4, -0.2) is 26.1 Å². The zero-order chi connectivity index (χ0) is 11.1. The largest absolute Gasteiger partial charge is 0.365 e. The Hall–Kier alpha value is -1.65. The lowest BCUT2D eigenvalue weighted by Crippen LogP contribution is -2.05. The van der Waals surface area contributed by atoms with Gasteiger partial charge >= 0.3 is 0 Å². The van der Waals surface area contributed by atoms with E-state index in [0.29, 0.717) is 0 Å². The van der Waals surface area contributed by atoms with Gasteiger partial charge in [-0.25, -0.2) is 0 Å². The highest BCUT2D eigenvalue weighted by atomic mass is 16.5. The third-order valence-electron chi connectivity index (χ3n) is 2.21. The van der Waals surface area contributed by atoms with E-state index in [9.17, 15) is 0 Å². The topological polar surface area (TPSA) is 45.7 Å². The van der Waals surface area contributed by atoms with Crippen molar-refractivity contribution in [2.75, 3.05) is 25.3 Å². The number of anilines is 1. The molecule has 0 amide bonds. The first-order valence-corrected chi connectivity index (χ1v) is 5.30. The second-order valence-corrected chi connectivity index (χ2v) is 3.39. The first-order valence-electron chi connectivity index (χ1n) is 5.30. The maximum atomic E-state index is 4.83. The first kappa shape index (κ1) is 10.9. The van der Waals surface area contributed by atoms with Gasteiger partial charge in [-0.3, -0.25) is 10.7 Å². The molecule has 2 aliphatic rings. The minimum atomic E-state index is 0.750. The minimum Gasteiger partial charge on any atom is -0.365 e. The maximum absolute atomic E-state index is 4.83. The monoisotopic (exact) mass is 217 g/mol. The van der Waals surface area contributed by atoms with Crippen LogP contribution in [0.15, 0.2) is 35.4 Å². The van der Waals surface area contributed by atoms with Crippen LogP contribution in [0.3, 0.4) is 0 Å². The maximum Gasteiger partial charge on any atom is 0.0966 e. The van der Waals surface area contributed by atoms with E-state index >= 15 is 0 Å². The van der Waals surface area contributed by atoms with E-state index in [1.807, 2.05) is 36.4 Å². The number of hydrogen-bond donors (Lipinski definition) is 2. The van der Waals surface area contributed by atoms with Crippen molar-refractivity contribution in [3.63, 3.8) is 0 Å². The molecular formula is C12H15N3O. The number of nitrogens with zero attached hydrogens (tertiary/aromatic N) is 1. The lowest BCUT2D eigenvalue weighted by molar-refractivity contribution is 0.194. The molecule has 1 saturated heterocycles. The van der Waals surface area contributed by atoms with Crippen LogP contribution >= 0.6 is 0 Å². The molecule has 2 heterocycles. The highest BCUT2D eigenvalue weighted by Gasteiger charge is 1.96. The van der Waals surface area contributed by atoms with Gasteiger partial charge in [0.2, 0.25) is 0 Å². The summed E-state index contributed by atoms with van der Waals surface area (Å²) in [6.07, 6.45) is 5.68. The highest BCUT2D eigenvalue weighted by molar-refractivity contribution is 5.83. The number of rotatable bonds is 0. The van der Waals surface area contributed by atoms with E-state index in [0.717, 1.165) is 25.6 Å². The molecule has 2 N–H and O–H groups in total. The number of para-hydroxylation sites is 1. The molecule has 0 radical (unpaired) electrons. The third kappa shape index (κ3) is 3.18. The first-order chi connectivity index (χ1) is 7.97. The summed E-state index contributed by atoms with van der Waals surface area (Å²) in [5, 5.41) is 6.95. The smallest absolute Gasteiger partial charge is 0.0966 e. The Morgan fingerprint density at radius 1 is 1.25 bits per heavy atom. The fourth-order valence-corrected chi connectivity index (χ4v) is 1.40. The van der Waals surface area contributed by atoms with Crippen molar-refractivity contribution in [2.45, 2.75) is 0 Å². The average molecular weight is 217 g/mol. The summed E-state index contributed by atoms with van der Waals surface area (Å²) >= 11 is 0. The molecule has 84 valence electrons. The summed E-state index contributed by atoms with van der Waals surface area (Å²) in [6.45, 7) is 2.67. The average Bonchev–Trinajstić information content (AvgIpc) is 2.81. The van der Waals surface area contributed by atoms with Crippen molar-refractivity contribution < 1.29 is 4.74 Å². The van der Waals surface area contributed by atoms with Gasteiger partial charge in [-0.1, -0.05) is 24.3 Å². The summed E-state index contributed by atoms with van der Waals surface area (Å²) in [5.41, 5.74) is 5.16. The summed E-state index contributed by atoms with van der Waals surface area (Å²) in [7, 11) is 0. The molecule has 1 aromatic rings. The molecule has 0 bridgehead atoms. The second kappa shape index (κ2) is 6.05. The van der Waals surface area contributed by atoms with Crippen molar-refractivity contribution in [1.82, 2.24) is 5.32 Å². The summed E-state index contributed by atoms with van der Waals surface area (Å²) in [6, 6.07) is 8.05. The molecule has 3 rings (SSSR count). The van der Waals surface area contributed by atoms with Gasteiger partial charge in [0.1, 0.15) is 0 Å². The molecular weight excluding hydrogens is 202 g/mol. The number of ether oxygens (including phenoxy) is 1. The van der Waals surface area contributed by atoms with Crippen LogP contribution in [0.2, 0.25) is 0 Å². The SMILES string of the molecule is C1=Cc2ccccc2NN=C1.C1COCN1. The van der Waals surface area contributed by atoms with Crippen LogP contribution in [-0.2, 0) is 4.74 Å². The van der Waals surface area contributed by atoms with Crippen molar-refractivity contribution >= 4 is 18.0 Å². The van der Waals surface area contributed by atoms with Crippen molar-refractivity contribution in [3.8, 4) is 0 Å². The molecule has 1 fully saturated rings. The normalized spacial score (nSPS) is 16.8. The number of hydrogen-bond acceptors (Lipinski definition) is 4. The van der Waals surface area contributed by atoms with Gasteiger partial charge in [0.25, 0.3) is 0 Å². The van der Waals surface area contributed by atoms with E-state index in [-0.39, 0.29) is 0 Å². The summed E-state index contributed by atoms with van der Waals surface area (Å²) < 4.78 is 4.83. The Labute approximate surface area is 95.0 Å². The predicted molar refractivity (Wildman–Crippen MR) is 66.4 cm³/mol. The van der Waals surface area contributed by atoms with Gasteiger partial charge in [-0.15, -0.1) is 0 Å². The van der Waals surface area contributed by atoms with Gasteiger partial charge in [0.05, 0.1) is 19.0 Å². The van der Waals surface area contributed by atoms with Crippen LogP contribution in [0.5, 0.6) is 0 Å². The number of allylic oxidation sites excluding steroid dienone is 1. The van der Waals surface area contributed by atoms with Gasteiger partial charge < -0.3 is 4.74 Å². The molecule has 1 aromatic carbocycles. The number of fused-ring (bicyclic) bond motifs is 1. The second-order valence-electron chi connectivity index (χ2n) is 3.39. The molecule has 0 unspecified atom stereocenters. The molecule has 0 aromatic heterocycles. The van der Waals surface area contributed by atoms with E-state index in [2.05, 4.69) is 15.8 Å². The molecule has 0 spiro atoms. The molecule has 2 aliphatic heterocycles. The summed E-state index contributed by atoms with van der Waals surface area (Å²) in [4.78, 5) is 0. The van der Waals surface area contributed by atoms with E-state index in [1.165, 1.54) is 5.56 Å². The van der Waals surface area contributed by atoms with Crippen LogP contribution in [0.1, 0.15) is 5.56 Å². The standard InChI is InChI=1S/C9H8N2.C3H7NO/c1-2-6-9-8(4-1)5-3-7-10-11-9;1-2-5-3-4-1/h1-7,11H;4H,1-3H2.